The highest BCUT2D eigenvalue weighted by molar-refractivity contribution is 5.94. The molecule has 5 heteroatoms. The van der Waals surface area contributed by atoms with Gasteiger partial charge in [-0.2, -0.15) is 0 Å². The molecule has 1 atom stereocenters. The molecule has 0 saturated heterocycles. The SMILES string of the molecule is CCCCCCCCCCCCCCCCCOC(=O)[C@H](C)NC(=O)c1ccco1. The number of hydrogen-bond donors (Lipinski definition) is 1. The zero-order valence-corrected chi connectivity index (χ0v) is 19.3. The van der Waals surface area contributed by atoms with E-state index in [1.54, 1.807) is 19.1 Å². The van der Waals surface area contributed by atoms with Crippen LogP contribution in [0.5, 0.6) is 0 Å². The second-order valence-electron chi connectivity index (χ2n) is 8.29. The van der Waals surface area contributed by atoms with E-state index in [-0.39, 0.29) is 5.76 Å². The normalized spacial score (nSPS) is 11.9. The molecule has 0 radical (unpaired) electrons. The predicted molar refractivity (Wildman–Crippen MR) is 122 cm³/mol. The van der Waals surface area contributed by atoms with E-state index in [1.807, 2.05) is 0 Å². The van der Waals surface area contributed by atoms with Crippen LogP contribution in [0.1, 0.15) is 121 Å². The van der Waals surface area contributed by atoms with E-state index >= 15 is 0 Å². The van der Waals surface area contributed by atoms with Crippen LogP contribution in [-0.2, 0) is 9.53 Å². The van der Waals surface area contributed by atoms with Gasteiger partial charge in [0, 0.05) is 0 Å². The fraction of sp³-hybridized carbons (Fsp3) is 0.760. The molecule has 0 aromatic carbocycles. The Morgan fingerprint density at radius 3 is 1.83 bits per heavy atom. The molecule has 1 N–H and O–H groups in total. The van der Waals surface area contributed by atoms with Crippen molar-refractivity contribution in [3.05, 3.63) is 24.2 Å². The molecule has 1 aromatic rings. The lowest BCUT2D eigenvalue weighted by molar-refractivity contribution is -0.145. The third-order valence-electron chi connectivity index (χ3n) is 5.44. The average Bonchev–Trinajstić information content (AvgIpc) is 3.28. The zero-order valence-electron chi connectivity index (χ0n) is 19.3. The number of amides is 1. The van der Waals surface area contributed by atoms with Crippen LogP contribution in [0.4, 0.5) is 0 Å². The Hall–Kier alpha value is -1.78. The number of ether oxygens (including phenoxy) is 1. The van der Waals surface area contributed by atoms with Gasteiger partial charge in [-0.25, -0.2) is 4.79 Å². The number of hydrogen-bond acceptors (Lipinski definition) is 4. The predicted octanol–water partition coefficient (Wildman–Crippen LogP) is 6.81. The molecule has 0 aliphatic carbocycles. The summed E-state index contributed by atoms with van der Waals surface area (Å²) >= 11 is 0. The minimum absolute atomic E-state index is 0.192. The zero-order chi connectivity index (χ0) is 21.9. The maximum absolute atomic E-state index is 11.9. The highest BCUT2D eigenvalue weighted by Crippen LogP contribution is 2.13. The van der Waals surface area contributed by atoms with Gasteiger partial charge in [-0.3, -0.25) is 4.79 Å². The van der Waals surface area contributed by atoms with Crippen molar-refractivity contribution in [3.63, 3.8) is 0 Å². The molecule has 1 heterocycles. The summed E-state index contributed by atoms with van der Waals surface area (Å²) in [6.45, 7) is 4.30. The molecule has 0 saturated carbocycles. The Labute approximate surface area is 183 Å². The van der Waals surface area contributed by atoms with Gasteiger partial charge >= 0.3 is 5.97 Å². The summed E-state index contributed by atoms with van der Waals surface area (Å²) in [7, 11) is 0. The van der Waals surface area contributed by atoms with E-state index in [2.05, 4.69) is 12.2 Å². The van der Waals surface area contributed by atoms with E-state index in [0.717, 1.165) is 12.8 Å². The number of carbonyl (C=O) groups excluding carboxylic acids is 2. The van der Waals surface area contributed by atoms with Gasteiger partial charge in [-0.1, -0.05) is 96.8 Å². The van der Waals surface area contributed by atoms with Crippen LogP contribution in [0.15, 0.2) is 22.8 Å². The van der Waals surface area contributed by atoms with Crippen molar-refractivity contribution in [2.75, 3.05) is 6.61 Å². The molecule has 0 fully saturated rings. The molecule has 30 heavy (non-hydrogen) atoms. The van der Waals surface area contributed by atoms with E-state index in [1.165, 1.54) is 89.7 Å². The Morgan fingerprint density at radius 1 is 0.867 bits per heavy atom. The monoisotopic (exact) mass is 421 g/mol. The molecule has 1 amide bonds. The fourth-order valence-electron chi connectivity index (χ4n) is 3.51. The van der Waals surface area contributed by atoms with E-state index in [9.17, 15) is 9.59 Å². The molecule has 0 unspecified atom stereocenters. The maximum atomic E-state index is 11.9. The molecule has 0 aliphatic heterocycles. The van der Waals surface area contributed by atoms with Gasteiger partial charge in [0.1, 0.15) is 6.04 Å². The first kappa shape index (κ1) is 26.3. The minimum Gasteiger partial charge on any atom is -0.464 e. The highest BCUT2D eigenvalue weighted by atomic mass is 16.5. The Bertz CT molecular complexity index is 541. The van der Waals surface area contributed by atoms with E-state index < -0.39 is 17.9 Å². The maximum Gasteiger partial charge on any atom is 0.328 e. The first-order chi connectivity index (χ1) is 14.6. The van der Waals surface area contributed by atoms with Crippen LogP contribution >= 0.6 is 0 Å². The molecular weight excluding hydrogens is 378 g/mol. The molecule has 5 nitrogen and oxygen atoms in total. The summed E-state index contributed by atoms with van der Waals surface area (Å²) in [4.78, 5) is 23.8. The molecule has 0 bridgehead atoms. The molecule has 1 rings (SSSR count). The van der Waals surface area contributed by atoms with Gasteiger partial charge in [0.25, 0.3) is 5.91 Å². The lowest BCUT2D eigenvalue weighted by Gasteiger charge is -2.12. The molecule has 1 aromatic heterocycles. The van der Waals surface area contributed by atoms with E-state index in [4.69, 9.17) is 9.15 Å². The highest BCUT2D eigenvalue weighted by Gasteiger charge is 2.19. The molecule has 172 valence electrons. The Kier molecular flexibility index (Phi) is 15.8. The number of furan rings is 1. The number of unbranched alkanes of at least 4 members (excludes halogenated alkanes) is 14. The summed E-state index contributed by atoms with van der Waals surface area (Å²) in [5.41, 5.74) is 0. The molecule has 0 spiro atoms. The van der Waals surface area contributed by atoms with Crippen molar-refractivity contribution < 1.29 is 18.7 Å². The van der Waals surface area contributed by atoms with Gasteiger partial charge in [0.05, 0.1) is 12.9 Å². The third-order valence-corrected chi connectivity index (χ3v) is 5.44. The second kappa shape index (κ2) is 18.0. The molecular formula is C25H43NO4. The smallest absolute Gasteiger partial charge is 0.328 e. The largest absolute Gasteiger partial charge is 0.464 e. The summed E-state index contributed by atoms with van der Waals surface area (Å²) in [5, 5.41) is 2.58. The van der Waals surface area contributed by atoms with Crippen molar-refractivity contribution in [2.24, 2.45) is 0 Å². The van der Waals surface area contributed by atoms with Crippen molar-refractivity contribution in [2.45, 2.75) is 116 Å². The lowest BCUT2D eigenvalue weighted by atomic mass is 10.0. The number of rotatable bonds is 19. The number of carbonyl (C=O) groups is 2. The topological polar surface area (TPSA) is 68.5 Å². The van der Waals surface area contributed by atoms with Gasteiger partial charge in [-0.05, 0) is 25.5 Å². The quantitative estimate of drug-likeness (QED) is 0.197. The van der Waals surface area contributed by atoms with Crippen molar-refractivity contribution in [3.8, 4) is 0 Å². The van der Waals surface area contributed by atoms with Crippen LogP contribution < -0.4 is 5.32 Å². The van der Waals surface area contributed by atoms with Gasteiger partial charge in [0.2, 0.25) is 0 Å². The molecule has 0 aliphatic rings. The number of nitrogens with one attached hydrogen (secondary N) is 1. The van der Waals surface area contributed by atoms with Crippen LogP contribution in [0, 0.1) is 0 Å². The fourth-order valence-corrected chi connectivity index (χ4v) is 3.51. The van der Waals surface area contributed by atoms with Crippen LogP contribution in [0.25, 0.3) is 0 Å². The third kappa shape index (κ3) is 13.4. The first-order valence-corrected chi connectivity index (χ1v) is 12.2. The number of esters is 1. The van der Waals surface area contributed by atoms with Crippen LogP contribution in [0.3, 0.4) is 0 Å². The Morgan fingerprint density at radius 2 is 1.37 bits per heavy atom. The summed E-state index contributed by atoms with van der Waals surface area (Å²) in [6, 6.07) is 2.51. The Balaban J connectivity index is 1.84. The first-order valence-electron chi connectivity index (χ1n) is 12.2. The van der Waals surface area contributed by atoms with E-state index in [0.29, 0.717) is 6.61 Å². The van der Waals surface area contributed by atoms with Gasteiger partial charge in [-0.15, -0.1) is 0 Å². The summed E-state index contributed by atoms with van der Waals surface area (Å²) in [6.07, 6.45) is 21.0. The summed E-state index contributed by atoms with van der Waals surface area (Å²) < 4.78 is 10.3. The van der Waals surface area contributed by atoms with Crippen LogP contribution in [-0.4, -0.2) is 24.5 Å². The van der Waals surface area contributed by atoms with Gasteiger partial charge in [0.15, 0.2) is 5.76 Å². The van der Waals surface area contributed by atoms with Crippen molar-refractivity contribution >= 4 is 11.9 Å². The van der Waals surface area contributed by atoms with Gasteiger partial charge < -0.3 is 14.5 Å². The lowest BCUT2D eigenvalue weighted by Crippen LogP contribution is -2.39. The second-order valence-corrected chi connectivity index (χ2v) is 8.29. The van der Waals surface area contributed by atoms with Crippen molar-refractivity contribution in [1.82, 2.24) is 5.32 Å². The summed E-state index contributed by atoms with van der Waals surface area (Å²) in [5.74, 6) is -0.617. The average molecular weight is 422 g/mol. The van der Waals surface area contributed by atoms with Crippen LogP contribution in [0.2, 0.25) is 0 Å². The van der Waals surface area contributed by atoms with Crippen molar-refractivity contribution in [1.29, 1.82) is 0 Å². The minimum atomic E-state index is -0.682. The standard InChI is InChI=1S/C25H43NO4/c1-3-4-5-6-7-8-9-10-11-12-13-14-15-16-17-20-30-25(28)22(2)26-24(27)23-19-18-21-29-23/h18-19,21-22H,3-17,20H2,1-2H3,(H,26,27)/t22-/m0/s1.